The Kier molecular flexibility index (Phi) is 6.23. The van der Waals surface area contributed by atoms with Crippen LogP contribution in [-0.4, -0.2) is 32.3 Å². The lowest BCUT2D eigenvalue weighted by atomic mass is 9.74. The number of hydrogen-bond acceptors (Lipinski definition) is 2. The van der Waals surface area contributed by atoms with Gasteiger partial charge in [-0.3, -0.25) is 0 Å². The molecular weight excluding hydrogens is 331 g/mol. The van der Waals surface area contributed by atoms with Crippen molar-refractivity contribution in [1.29, 1.82) is 0 Å². The zero-order valence-electron chi connectivity index (χ0n) is 14.8. The van der Waals surface area contributed by atoms with Crippen molar-refractivity contribution in [3.8, 4) is 0 Å². The molecule has 5 heteroatoms. The van der Waals surface area contributed by atoms with E-state index in [0.29, 0.717) is 38.3 Å². The lowest BCUT2D eigenvalue weighted by Gasteiger charge is -2.38. The minimum atomic E-state index is -0.236. The summed E-state index contributed by atoms with van der Waals surface area (Å²) in [7, 11) is 0. The fourth-order valence-electron chi connectivity index (χ4n) is 3.45. The number of carbonyl (C=O) groups is 1. The first-order valence-electron chi connectivity index (χ1n) is 9.08. The van der Waals surface area contributed by atoms with Gasteiger partial charge in [0.05, 0.1) is 0 Å². The Morgan fingerprint density at radius 2 is 1.69 bits per heavy atom. The molecule has 0 unspecified atom stereocenters. The smallest absolute Gasteiger partial charge is 0.314 e. The summed E-state index contributed by atoms with van der Waals surface area (Å²) in [5, 5.41) is 5.81. The first-order valence-corrected chi connectivity index (χ1v) is 9.08. The molecule has 2 aromatic rings. The quantitative estimate of drug-likeness (QED) is 0.833. The topological polar surface area (TPSA) is 50.4 Å². The van der Waals surface area contributed by atoms with Crippen LogP contribution in [-0.2, 0) is 16.6 Å². The van der Waals surface area contributed by atoms with E-state index in [0.717, 1.165) is 12.8 Å². The molecule has 1 aliphatic rings. The van der Waals surface area contributed by atoms with Crippen LogP contribution in [0.5, 0.6) is 0 Å². The normalized spacial score (nSPS) is 16.0. The summed E-state index contributed by atoms with van der Waals surface area (Å²) >= 11 is 0. The zero-order chi connectivity index (χ0) is 18.2. The van der Waals surface area contributed by atoms with Gasteiger partial charge in [-0.05, 0) is 36.5 Å². The summed E-state index contributed by atoms with van der Waals surface area (Å²) in [6.45, 7) is 2.36. The van der Waals surface area contributed by atoms with Gasteiger partial charge < -0.3 is 15.4 Å². The Labute approximate surface area is 153 Å². The lowest BCUT2D eigenvalue weighted by Crippen LogP contribution is -2.47. The van der Waals surface area contributed by atoms with Gasteiger partial charge in [0.15, 0.2) is 0 Å². The van der Waals surface area contributed by atoms with Gasteiger partial charge in [0.2, 0.25) is 0 Å². The van der Waals surface area contributed by atoms with Gasteiger partial charge >= 0.3 is 6.03 Å². The molecule has 2 N–H and O–H groups in total. The van der Waals surface area contributed by atoms with E-state index in [1.54, 1.807) is 18.2 Å². The monoisotopic (exact) mass is 356 g/mol. The van der Waals surface area contributed by atoms with Crippen molar-refractivity contribution in [1.82, 2.24) is 10.6 Å². The molecule has 1 saturated heterocycles. The average Bonchev–Trinajstić information content (AvgIpc) is 2.69. The molecule has 1 aliphatic heterocycles. The number of nitrogens with one attached hydrogen (secondary N) is 2. The van der Waals surface area contributed by atoms with Gasteiger partial charge in [-0.2, -0.15) is 0 Å². The highest BCUT2D eigenvalue weighted by molar-refractivity contribution is 5.74. The predicted molar refractivity (Wildman–Crippen MR) is 99.7 cm³/mol. The first-order chi connectivity index (χ1) is 12.7. The molecule has 0 bridgehead atoms. The maximum atomic E-state index is 13.6. The van der Waals surface area contributed by atoms with E-state index in [2.05, 4.69) is 22.8 Å². The number of carbonyl (C=O) groups excluding carboxylic acids is 1. The molecule has 0 aromatic heterocycles. The number of rotatable bonds is 6. The fraction of sp³-hybridized carbons (Fsp3) is 0.381. The summed E-state index contributed by atoms with van der Waals surface area (Å²) < 4.78 is 19.1. The maximum Gasteiger partial charge on any atom is 0.314 e. The van der Waals surface area contributed by atoms with E-state index in [1.807, 2.05) is 18.2 Å². The van der Waals surface area contributed by atoms with Crippen LogP contribution in [0.15, 0.2) is 54.6 Å². The fourth-order valence-corrected chi connectivity index (χ4v) is 3.45. The SMILES string of the molecule is O=C(NCCc1ccccc1F)NCC1(c2ccccc2)CCOCC1. The van der Waals surface area contributed by atoms with Crippen LogP contribution in [0.4, 0.5) is 9.18 Å². The van der Waals surface area contributed by atoms with E-state index < -0.39 is 0 Å². The molecule has 0 saturated carbocycles. The Bertz CT molecular complexity index is 715. The number of halogens is 1. The number of ether oxygens (including phenoxy) is 1. The van der Waals surface area contributed by atoms with Crippen molar-refractivity contribution in [2.75, 3.05) is 26.3 Å². The van der Waals surface area contributed by atoms with Crippen molar-refractivity contribution in [3.63, 3.8) is 0 Å². The number of urea groups is 1. The molecule has 2 aromatic carbocycles. The Balaban J connectivity index is 1.52. The molecule has 1 fully saturated rings. The Hall–Kier alpha value is -2.40. The van der Waals surface area contributed by atoms with Crippen LogP contribution in [0.2, 0.25) is 0 Å². The summed E-state index contributed by atoms with van der Waals surface area (Å²) in [4.78, 5) is 12.2. The minimum absolute atomic E-state index is 0.0949. The average molecular weight is 356 g/mol. The van der Waals surface area contributed by atoms with Crippen molar-refractivity contribution in [3.05, 3.63) is 71.5 Å². The van der Waals surface area contributed by atoms with Gasteiger partial charge in [-0.25, -0.2) is 9.18 Å². The molecule has 0 radical (unpaired) electrons. The van der Waals surface area contributed by atoms with Crippen LogP contribution in [0.3, 0.4) is 0 Å². The van der Waals surface area contributed by atoms with Crippen LogP contribution < -0.4 is 10.6 Å². The van der Waals surface area contributed by atoms with Gasteiger partial charge in [0, 0.05) is 31.7 Å². The predicted octanol–water partition coefficient (Wildman–Crippen LogP) is 3.42. The molecule has 3 rings (SSSR count). The standard InChI is InChI=1S/C21H25FN2O2/c22-19-9-5-4-6-17(19)10-13-23-20(25)24-16-21(11-14-26-15-12-21)18-7-2-1-3-8-18/h1-9H,10-16H2,(H2,23,24,25). The second-order valence-corrected chi connectivity index (χ2v) is 6.71. The van der Waals surface area contributed by atoms with Gasteiger partial charge in [0.25, 0.3) is 0 Å². The summed E-state index contributed by atoms with van der Waals surface area (Å²) in [6.07, 6.45) is 2.23. The Morgan fingerprint density at radius 1 is 1.00 bits per heavy atom. The lowest BCUT2D eigenvalue weighted by molar-refractivity contribution is 0.0507. The molecule has 26 heavy (non-hydrogen) atoms. The summed E-state index contributed by atoms with van der Waals surface area (Å²) in [5.41, 5.74) is 1.75. The van der Waals surface area contributed by atoms with E-state index >= 15 is 0 Å². The third-order valence-corrected chi connectivity index (χ3v) is 5.06. The third-order valence-electron chi connectivity index (χ3n) is 5.06. The van der Waals surface area contributed by atoms with Crippen molar-refractivity contribution < 1.29 is 13.9 Å². The summed E-state index contributed by atoms with van der Waals surface area (Å²) in [5.74, 6) is -0.236. The first kappa shape index (κ1) is 18.4. The molecule has 0 spiro atoms. The molecule has 1 heterocycles. The Morgan fingerprint density at radius 3 is 2.42 bits per heavy atom. The minimum Gasteiger partial charge on any atom is -0.381 e. The van der Waals surface area contributed by atoms with E-state index in [9.17, 15) is 9.18 Å². The van der Waals surface area contributed by atoms with E-state index in [1.165, 1.54) is 11.6 Å². The highest BCUT2D eigenvalue weighted by Gasteiger charge is 2.34. The molecule has 138 valence electrons. The number of hydrogen-bond donors (Lipinski definition) is 2. The van der Waals surface area contributed by atoms with E-state index in [-0.39, 0.29) is 17.3 Å². The molecule has 0 atom stereocenters. The molecule has 4 nitrogen and oxygen atoms in total. The molecular formula is C21H25FN2O2. The van der Waals surface area contributed by atoms with Gasteiger partial charge in [-0.15, -0.1) is 0 Å². The molecule has 2 amide bonds. The third kappa shape index (κ3) is 4.61. The van der Waals surface area contributed by atoms with Crippen LogP contribution in [0.1, 0.15) is 24.0 Å². The van der Waals surface area contributed by atoms with Crippen molar-refractivity contribution in [2.24, 2.45) is 0 Å². The van der Waals surface area contributed by atoms with Gasteiger partial charge in [0.1, 0.15) is 5.82 Å². The summed E-state index contributed by atoms with van der Waals surface area (Å²) in [6, 6.07) is 16.7. The van der Waals surface area contributed by atoms with Crippen LogP contribution in [0, 0.1) is 5.82 Å². The van der Waals surface area contributed by atoms with Crippen molar-refractivity contribution >= 4 is 6.03 Å². The highest BCUT2D eigenvalue weighted by atomic mass is 19.1. The maximum absolute atomic E-state index is 13.6. The molecule has 0 aliphatic carbocycles. The highest BCUT2D eigenvalue weighted by Crippen LogP contribution is 2.34. The number of benzene rings is 2. The second kappa shape index (κ2) is 8.81. The van der Waals surface area contributed by atoms with Gasteiger partial charge in [-0.1, -0.05) is 48.5 Å². The zero-order valence-corrected chi connectivity index (χ0v) is 14.8. The number of amides is 2. The second-order valence-electron chi connectivity index (χ2n) is 6.71. The largest absolute Gasteiger partial charge is 0.381 e. The van der Waals surface area contributed by atoms with Crippen molar-refractivity contribution in [2.45, 2.75) is 24.7 Å². The van der Waals surface area contributed by atoms with Crippen LogP contribution >= 0.6 is 0 Å². The van der Waals surface area contributed by atoms with Crippen LogP contribution in [0.25, 0.3) is 0 Å². The van der Waals surface area contributed by atoms with E-state index in [4.69, 9.17) is 4.74 Å².